The lowest BCUT2D eigenvalue weighted by Gasteiger charge is -2.35. The minimum atomic E-state index is -0.958. The quantitative estimate of drug-likeness (QED) is 0.658. The van der Waals surface area contributed by atoms with Crippen LogP contribution in [0.2, 0.25) is 0 Å². The van der Waals surface area contributed by atoms with Gasteiger partial charge in [0.2, 0.25) is 0 Å². The van der Waals surface area contributed by atoms with Gasteiger partial charge in [0.15, 0.2) is 5.71 Å². The first-order valence-electron chi connectivity index (χ1n) is 4.78. The number of piperidine rings is 1. The molecule has 0 aromatic heterocycles. The highest BCUT2D eigenvalue weighted by atomic mass is 16.7. The van der Waals surface area contributed by atoms with Gasteiger partial charge in [-0.1, -0.05) is 5.16 Å². The molecule has 0 unspecified atom stereocenters. The van der Waals surface area contributed by atoms with E-state index in [1.165, 1.54) is 0 Å². The SMILES string of the molecule is CN1CCC2(CC1)CC(C(=O)O)=NO2. The highest BCUT2D eigenvalue weighted by molar-refractivity contribution is 6.36. The number of carboxylic acids is 1. The predicted molar refractivity (Wildman–Crippen MR) is 50.2 cm³/mol. The van der Waals surface area contributed by atoms with E-state index in [4.69, 9.17) is 9.94 Å². The normalized spacial score (nSPS) is 25.9. The van der Waals surface area contributed by atoms with Crippen LogP contribution in [-0.4, -0.2) is 47.4 Å². The van der Waals surface area contributed by atoms with Crippen molar-refractivity contribution >= 4 is 11.7 Å². The van der Waals surface area contributed by atoms with Crippen molar-refractivity contribution < 1.29 is 14.7 Å². The maximum atomic E-state index is 10.7. The molecule has 1 saturated heterocycles. The second-order valence-electron chi connectivity index (χ2n) is 4.10. The topological polar surface area (TPSA) is 62.1 Å². The third kappa shape index (κ3) is 1.59. The predicted octanol–water partition coefficient (Wildman–Crippen LogP) is 0.312. The Morgan fingerprint density at radius 2 is 2.21 bits per heavy atom. The van der Waals surface area contributed by atoms with Crippen LogP contribution in [0.5, 0.6) is 0 Å². The minimum Gasteiger partial charge on any atom is -0.477 e. The third-order valence-corrected chi connectivity index (χ3v) is 2.98. The van der Waals surface area contributed by atoms with E-state index in [1.54, 1.807) is 0 Å². The number of carbonyl (C=O) groups is 1. The van der Waals surface area contributed by atoms with Crippen LogP contribution in [0.1, 0.15) is 19.3 Å². The van der Waals surface area contributed by atoms with Gasteiger partial charge in [-0.05, 0) is 7.05 Å². The van der Waals surface area contributed by atoms with Crippen LogP contribution in [-0.2, 0) is 9.63 Å². The van der Waals surface area contributed by atoms with Crippen LogP contribution < -0.4 is 0 Å². The highest BCUT2D eigenvalue weighted by Crippen LogP contribution is 2.34. The number of hydrogen-bond donors (Lipinski definition) is 1. The van der Waals surface area contributed by atoms with E-state index < -0.39 is 5.97 Å². The first-order chi connectivity index (χ1) is 6.61. The van der Waals surface area contributed by atoms with Crippen molar-refractivity contribution in [3.05, 3.63) is 0 Å². The van der Waals surface area contributed by atoms with Crippen molar-refractivity contribution in [1.29, 1.82) is 0 Å². The van der Waals surface area contributed by atoms with Gasteiger partial charge >= 0.3 is 5.97 Å². The number of rotatable bonds is 1. The van der Waals surface area contributed by atoms with Crippen LogP contribution in [0, 0.1) is 0 Å². The number of nitrogens with zero attached hydrogens (tertiary/aromatic N) is 2. The Hall–Kier alpha value is -1.10. The first kappa shape index (κ1) is 9.45. The van der Waals surface area contributed by atoms with Gasteiger partial charge < -0.3 is 14.8 Å². The van der Waals surface area contributed by atoms with E-state index in [2.05, 4.69) is 17.1 Å². The Bertz CT molecular complexity index is 280. The van der Waals surface area contributed by atoms with E-state index in [0.717, 1.165) is 25.9 Å². The van der Waals surface area contributed by atoms with E-state index in [-0.39, 0.29) is 11.3 Å². The third-order valence-electron chi connectivity index (χ3n) is 2.98. The molecule has 0 aromatic rings. The van der Waals surface area contributed by atoms with Crippen molar-refractivity contribution in [3.8, 4) is 0 Å². The molecule has 0 aromatic carbocycles. The van der Waals surface area contributed by atoms with Gasteiger partial charge in [0.05, 0.1) is 0 Å². The lowest BCUT2D eigenvalue weighted by Crippen LogP contribution is -2.43. The molecule has 0 aliphatic carbocycles. The van der Waals surface area contributed by atoms with E-state index >= 15 is 0 Å². The van der Waals surface area contributed by atoms with Crippen molar-refractivity contribution in [2.75, 3.05) is 20.1 Å². The van der Waals surface area contributed by atoms with Crippen molar-refractivity contribution in [3.63, 3.8) is 0 Å². The molecule has 5 nitrogen and oxygen atoms in total. The summed E-state index contributed by atoms with van der Waals surface area (Å²) in [5.41, 5.74) is -0.158. The lowest BCUT2D eigenvalue weighted by molar-refractivity contribution is -0.129. The Morgan fingerprint density at radius 1 is 1.57 bits per heavy atom. The van der Waals surface area contributed by atoms with Crippen LogP contribution in [0.15, 0.2) is 5.16 Å². The Kier molecular flexibility index (Phi) is 2.19. The molecule has 0 bridgehead atoms. The molecule has 0 saturated carbocycles. The molecule has 0 radical (unpaired) electrons. The van der Waals surface area contributed by atoms with Gasteiger partial charge in [-0.2, -0.15) is 0 Å². The van der Waals surface area contributed by atoms with Crippen LogP contribution in [0.4, 0.5) is 0 Å². The number of oxime groups is 1. The molecule has 5 heteroatoms. The number of likely N-dealkylation sites (tertiary alicyclic amines) is 1. The Labute approximate surface area is 82.3 Å². The first-order valence-corrected chi connectivity index (χ1v) is 4.78. The van der Waals surface area contributed by atoms with Crippen molar-refractivity contribution in [2.24, 2.45) is 5.16 Å². The molecular weight excluding hydrogens is 184 g/mol. The minimum absolute atomic E-state index is 0.162. The summed E-state index contributed by atoms with van der Waals surface area (Å²) in [6, 6.07) is 0. The molecule has 2 rings (SSSR count). The smallest absolute Gasteiger partial charge is 0.353 e. The maximum absolute atomic E-state index is 10.7. The molecule has 2 aliphatic rings. The molecule has 2 aliphatic heterocycles. The van der Waals surface area contributed by atoms with Crippen molar-refractivity contribution in [2.45, 2.75) is 24.9 Å². The summed E-state index contributed by atoms with van der Waals surface area (Å²) < 4.78 is 0. The lowest BCUT2D eigenvalue weighted by atomic mass is 9.87. The van der Waals surface area contributed by atoms with Crippen LogP contribution >= 0.6 is 0 Å². The molecule has 14 heavy (non-hydrogen) atoms. The summed E-state index contributed by atoms with van der Waals surface area (Å²) in [4.78, 5) is 18.2. The van der Waals surface area contributed by atoms with Gasteiger partial charge in [0.25, 0.3) is 0 Å². The zero-order valence-corrected chi connectivity index (χ0v) is 8.19. The average molecular weight is 198 g/mol. The zero-order valence-electron chi connectivity index (χ0n) is 8.19. The van der Waals surface area contributed by atoms with Gasteiger partial charge in [0.1, 0.15) is 5.60 Å². The fourth-order valence-electron chi connectivity index (χ4n) is 1.93. The summed E-state index contributed by atoms with van der Waals surface area (Å²) in [7, 11) is 2.06. The summed E-state index contributed by atoms with van der Waals surface area (Å²) >= 11 is 0. The zero-order chi connectivity index (χ0) is 10.2. The maximum Gasteiger partial charge on any atom is 0.353 e. The van der Waals surface area contributed by atoms with Gasteiger partial charge in [-0.25, -0.2) is 4.79 Å². The molecule has 1 N–H and O–H groups in total. The Balaban J connectivity index is 1.99. The average Bonchev–Trinajstić information content (AvgIpc) is 2.56. The highest BCUT2D eigenvalue weighted by Gasteiger charge is 2.43. The van der Waals surface area contributed by atoms with Gasteiger partial charge in [0, 0.05) is 32.4 Å². The second-order valence-corrected chi connectivity index (χ2v) is 4.10. The van der Waals surface area contributed by atoms with Crippen LogP contribution in [0.25, 0.3) is 0 Å². The molecule has 0 amide bonds. The van der Waals surface area contributed by atoms with Crippen LogP contribution in [0.3, 0.4) is 0 Å². The fourth-order valence-corrected chi connectivity index (χ4v) is 1.93. The molecule has 1 spiro atoms. The second kappa shape index (κ2) is 3.24. The largest absolute Gasteiger partial charge is 0.477 e. The Morgan fingerprint density at radius 3 is 2.71 bits per heavy atom. The molecule has 2 heterocycles. The summed E-state index contributed by atoms with van der Waals surface area (Å²) in [6.07, 6.45) is 2.18. The number of hydrogen-bond acceptors (Lipinski definition) is 4. The number of aliphatic carboxylic acids is 1. The van der Waals surface area contributed by atoms with E-state index in [0.29, 0.717) is 6.42 Å². The number of carboxylic acid groups (broad SMARTS) is 1. The van der Waals surface area contributed by atoms with E-state index in [9.17, 15) is 4.79 Å². The summed E-state index contributed by atoms with van der Waals surface area (Å²) in [5, 5.41) is 12.4. The fraction of sp³-hybridized carbons (Fsp3) is 0.778. The summed E-state index contributed by atoms with van der Waals surface area (Å²) in [5.74, 6) is -0.958. The van der Waals surface area contributed by atoms with Crippen molar-refractivity contribution in [1.82, 2.24) is 4.90 Å². The molecule has 1 fully saturated rings. The van der Waals surface area contributed by atoms with Gasteiger partial charge in [-0.15, -0.1) is 0 Å². The van der Waals surface area contributed by atoms with Gasteiger partial charge in [-0.3, -0.25) is 0 Å². The molecular formula is C9H14N2O3. The standard InChI is InChI=1S/C9H14N2O3/c1-11-4-2-9(3-5-11)6-7(8(12)13)10-14-9/h2-6H2,1H3,(H,12,13). The summed E-state index contributed by atoms with van der Waals surface area (Å²) in [6.45, 7) is 1.89. The molecule has 0 atom stereocenters. The molecule has 78 valence electrons. The van der Waals surface area contributed by atoms with E-state index in [1.807, 2.05) is 0 Å². The monoisotopic (exact) mass is 198 g/mol.